The van der Waals surface area contributed by atoms with Crippen molar-refractivity contribution in [2.45, 2.75) is 0 Å². The van der Waals surface area contributed by atoms with E-state index >= 15 is 0 Å². The number of ether oxygens (including phenoxy) is 1. The Kier molecular flexibility index (Phi) is 2.55. The smallest absolute Gasteiger partial charge is 0.197 e. The molecule has 0 spiro atoms. The van der Waals surface area contributed by atoms with E-state index in [0.717, 1.165) is 0 Å². The first kappa shape index (κ1) is 9.91. The SMILES string of the molecule is COc1cnn(-c2nc(Br)cnc2N)c1. The van der Waals surface area contributed by atoms with Crippen LogP contribution in [0.25, 0.3) is 5.82 Å². The highest BCUT2D eigenvalue weighted by Crippen LogP contribution is 2.17. The summed E-state index contributed by atoms with van der Waals surface area (Å²) in [6.45, 7) is 0. The van der Waals surface area contributed by atoms with Crippen LogP contribution < -0.4 is 10.5 Å². The second-order valence-corrected chi connectivity index (χ2v) is 3.54. The van der Waals surface area contributed by atoms with Crippen molar-refractivity contribution in [2.24, 2.45) is 0 Å². The second-order valence-electron chi connectivity index (χ2n) is 2.73. The molecule has 0 bridgehead atoms. The van der Waals surface area contributed by atoms with Crippen molar-refractivity contribution in [2.75, 3.05) is 12.8 Å². The van der Waals surface area contributed by atoms with Gasteiger partial charge in [-0.25, -0.2) is 14.6 Å². The maximum atomic E-state index is 5.68. The maximum absolute atomic E-state index is 5.68. The van der Waals surface area contributed by atoms with Gasteiger partial charge in [-0.05, 0) is 15.9 Å². The number of hydrogen-bond donors (Lipinski definition) is 1. The normalized spacial score (nSPS) is 10.3. The van der Waals surface area contributed by atoms with Gasteiger partial charge in [0, 0.05) is 0 Å². The van der Waals surface area contributed by atoms with Gasteiger partial charge in [0.25, 0.3) is 0 Å². The zero-order chi connectivity index (χ0) is 10.8. The molecule has 2 rings (SSSR count). The highest BCUT2D eigenvalue weighted by Gasteiger charge is 2.07. The Morgan fingerprint density at radius 1 is 1.47 bits per heavy atom. The van der Waals surface area contributed by atoms with Gasteiger partial charge in [0.15, 0.2) is 17.4 Å². The van der Waals surface area contributed by atoms with Crippen LogP contribution in [-0.4, -0.2) is 26.9 Å². The van der Waals surface area contributed by atoms with Crippen LogP contribution in [0.1, 0.15) is 0 Å². The largest absolute Gasteiger partial charge is 0.493 e. The van der Waals surface area contributed by atoms with Gasteiger partial charge in [-0.2, -0.15) is 5.10 Å². The van der Waals surface area contributed by atoms with E-state index in [0.29, 0.717) is 22.0 Å². The number of anilines is 1. The van der Waals surface area contributed by atoms with Gasteiger partial charge in [0.05, 0.1) is 25.7 Å². The molecule has 0 aromatic carbocycles. The summed E-state index contributed by atoms with van der Waals surface area (Å²) in [5.41, 5.74) is 5.68. The molecule has 0 radical (unpaired) electrons. The third-order valence-corrected chi connectivity index (χ3v) is 2.15. The molecule has 7 heteroatoms. The Labute approximate surface area is 94.2 Å². The number of methoxy groups -OCH3 is 1. The van der Waals surface area contributed by atoms with Crippen LogP contribution in [0.5, 0.6) is 5.75 Å². The highest BCUT2D eigenvalue weighted by molar-refractivity contribution is 9.10. The number of halogens is 1. The van der Waals surface area contributed by atoms with Gasteiger partial charge < -0.3 is 10.5 Å². The summed E-state index contributed by atoms with van der Waals surface area (Å²) in [5.74, 6) is 1.41. The predicted octanol–water partition coefficient (Wildman–Crippen LogP) is 1.02. The number of nitrogens with zero attached hydrogens (tertiary/aromatic N) is 4. The predicted molar refractivity (Wildman–Crippen MR) is 57.8 cm³/mol. The van der Waals surface area contributed by atoms with Crippen LogP contribution in [0.15, 0.2) is 23.2 Å². The molecular formula is C8H8BrN5O. The van der Waals surface area contributed by atoms with E-state index in [-0.39, 0.29) is 0 Å². The van der Waals surface area contributed by atoms with Crippen LogP contribution in [-0.2, 0) is 0 Å². The lowest BCUT2D eigenvalue weighted by molar-refractivity contribution is 0.414. The summed E-state index contributed by atoms with van der Waals surface area (Å²) in [6.07, 6.45) is 4.77. The highest BCUT2D eigenvalue weighted by atomic mass is 79.9. The summed E-state index contributed by atoms with van der Waals surface area (Å²) in [4.78, 5) is 8.12. The van der Waals surface area contributed by atoms with E-state index < -0.39 is 0 Å². The summed E-state index contributed by atoms with van der Waals surface area (Å²) < 4.78 is 7.11. The van der Waals surface area contributed by atoms with Crippen LogP contribution in [0.2, 0.25) is 0 Å². The second kappa shape index (κ2) is 3.85. The summed E-state index contributed by atoms with van der Waals surface area (Å²) in [6, 6.07) is 0. The first-order valence-electron chi connectivity index (χ1n) is 4.08. The molecule has 0 fully saturated rings. The maximum Gasteiger partial charge on any atom is 0.197 e. The Morgan fingerprint density at radius 2 is 2.27 bits per heavy atom. The molecule has 15 heavy (non-hydrogen) atoms. The van der Waals surface area contributed by atoms with Gasteiger partial charge >= 0.3 is 0 Å². The third-order valence-electron chi connectivity index (χ3n) is 1.76. The minimum absolute atomic E-state index is 0.309. The monoisotopic (exact) mass is 269 g/mol. The molecule has 0 unspecified atom stereocenters. The van der Waals surface area contributed by atoms with Gasteiger partial charge in [0.1, 0.15) is 4.60 Å². The third kappa shape index (κ3) is 1.91. The van der Waals surface area contributed by atoms with E-state index in [2.05, 4.69) is 31.0 Å². The standard InChI is InChI=1S/C8H8BrN5O/c1-15-5-2-12-14(4-5)8-7(10)11-3-6(9)13-8/h2-4H,1H3,(H2,10,11). The van der Waals surface area contributed by atoms with Crippen molar-refractivity contribution in [1.82, 2.24) is 19.7 Å². The number of rotatable bonds is 2. The molecule has 0 saturated heterocycles. The number of nitrogen functional groups attached to an aromatic ring is 1. The average Bonchev–Trinajstić information content (AvgIpc) is 2.70. The summed E-state index contributed by atoms with van der Waals surface area (Å²) in [5, 5.41) is 4.05. The molecule has 0 aliphatic rings. The first-order valence-corrected chi connectivity index (χ1v) is 4.87. The Morgan fingerprint density at radius 3 is 2.93 bits per heavy atom. The zero-order valence-electron chi connectivity index (χ0n) is 7.88. The van der Waals surface area contributed by atoms with Gasteiger partial charge in [-0.1, -0.05) is 0 Å². The zero-order valence-corrected chi connectivity index (χ0v) is 9.47. The molecule has 0 aliphatic carbocycles. The van der Waals surface area contributed by atoms with Gasteiger partial charge in [-0.3, -0.25) is 0 Å². The molecule has 78 valence electrons. The van der Waals surface area contributed by atoms with E-state index in [1.165, 1.54) is 10.9 Å². The van der Waals surface area contributed by atoms with E-state index in [1.54, 1.807) is 19.5 Å². The molecule has 0 saturated carbocycles. The Hall–Kier alpha value is -1.63. The van der Waals surface area contributed by atoms with Crippen LogP contribution >= 0.6 is 15.9 Å². The van der Waals surface area contributed by atoms with Crippen molar-refractivity contribution in [3.8, 4) is 11.6 Å². The topological polar surface area (TPSA) is 78.8 Å². The van der Waals surface area contributed by atoms with Crippen LogP contribution in [0, 0.1) is 0 Å². The van der Waals surface area contributed by atoms with Crippen LogP contribution in [0.4, 0.5) is 5.82 Å². The lowest BCUT2D eigenvalue weighted by Crippen LogP contribution is -2.05. The molecular weight excluding hydrogens is 262 g/mol. The lowest BCUT2D eigenvalue weighted by Gasteiger charge is -2.02. The minimum Gasteiger partial charge on any atom is -0.493 e. The fourth-order valence-corrected chi connectivity index (χ4v) is 1.33. The fourth-order valence-electron chi connectivity index (χ4n) is 1.06. The van der Waals surface area contributed by atoms with Crippen molar-refractivity contribution in [1.29, 1.82) is 0 Å². The molecule has 0 atom stereocenters. The minimum atomic E-state index is 0.309. The molecule has 0 aliphatic heterocycles. The van der Waals surface area contributed by atoms with E-state index in [9.17, 15) is 0 Å². The Bertz CT molecular complexity index is 484. The first-order chi connectivity index (χ1) is 7.20. The van der Waals surface area contributed by atoms with E-state index in [4.69, 9.17) is 10.5 Å². The summed E-state index contributed by atoms with van der Waals surface area (Å²) >= 11 is 3.22. The van der Waals surface area contributed by atoms with Gasteiger partial charge in [-0.15, -0.1) is 0 Å². The quantitative estimate of drug-likeness (QED) is 0.881. The van der Waals surface area contributed by atoms with Crippen molar-refractivity contribution < 1.29 is 4.74 Å². The molecule has 0 amide bonds. The number of hydrogen-bond acceptors (Lipinski definition) is 5. The molecule has 2 aromatic rings. The van der Waals surface area contributed by atoms with E-state index in [1.807, 2.05) is 0 Å². The summed E-state index contributed by atoms with van der Waals surface area (Å²) in [7, 11) is 1.57. The number of nitrogens with two attached hydrogens (primary N) is 1. The fraction of sp³-hybridized carbons (Fsp3) is 0.125. The van der Waals surface area contributed by atoms with Crippen molar-refractivity contribution in [3.63, 3.8) is 0 Å². The van der Waals surface area contributed by atoms with Crippen molar-refractivity contribution in [3.05, 3.63) is 23.2 Å². The van der Waals surface area contributed by atoms with Crippen LogP contribution in [0.3, 0.4) is 0 Å². The molecule has 2 N–H and O–H groups in total. The number of aromatic nitrogens is 4. The Balaban J connectivity index is 2.48. The molecule has 6 nitrogen and oxygen atoms in total. The molecule has 2 aromatic heterocycles. The average molecular weight is 270 g/mol. The van der Waals surface area contributed by atoms with Gasteiger partial charge in [0.2, 0.25) is 0 Å². The lowest BCUT2D eigenvalue weighted by atomic mass is 10.6. The van der Waals surface area contributed by atoms with Crippen molar-refractivity contribution >= 4 is 21.7 Å². The molecule has 2 heterocycles.